The van der Waals surface area contributed by atoms with Gasteiger partial charge in [0.2, 0.25) is 5.91 Å². The second kappa shape index (κ2) is 6.22. The van der Waals surface area contributed by atoms with Crippen LogP contribution in [0.25, 0.3) is 0 Å². The third-order valence-electron chi connectivity index (χ3n) is 4.07. The fourth-order valence-corrected chi connectivity index (χ4v) is 4.71. The Morgan fingerprint density at radius 2 is 2.16 bits per heavy atom. The highest BCUT2D eigenvalue weighted by atomic mass is 32.2. The number of nitrogens with one attached hydrogen (secondary N) is 1. The summed E-state index contributed by atoms with van der Waals surface area (Å²) in [6.07, 6.45) is 3.01. The number of amides is 1. The molecule has 0 spiro atoms. The average Bonchev–Trinajstić information content (AvgIpc) is 2.70. The third kappa shape index (κ3) is 4.45. The van der Waals surface area contributed by atoms with Gasteiger partial charge >= 0.3 is 0 Å². The highest BCUT2D eigenvalue weighted by Gasteiger charge is 2.32. The van der Waals surface area contributed by atoms with Gasteiger partial charge in [0.25, 0.3) is 0 Å². The summed E-state index contributed by atoms with van der Waals surface area (Å²) in [5.74, 6) is 0.509. The number of sulfone groups is 1. The summed E-state index contributed by atoms with van der Waals surface area (Å²) in [7, 11) is -2.96. The monoisotopic (exact) mass is 288 g/mol. The minimum absolute atomic E-state index is 0.0274. The highest BCUT2D eigenvalue weighted by Crippen LogP contribution is 2.18. The summed E-state index contributed by atoms with van der Waals surface area (Å²) in [6.45, 7) is 5.97. The number of likely N-dealkylation sites (tertiary alicyclic amines) is 1. The third-order valence-corrected chi connectivity index (χ3v) is 5.84. The van der Waals surface area contributed by atoms with E-state index >= 15 is 0 Å². The molecule has 0 bridgehead atoms. The van der Waals surface area contributed by atoms with Crippen LogP contribution < -0.4 is 5.32 Å². The van der Waals surface area contributed by atoms with Gasteiger partial charge in [-0.25, -0.2) is 8.42 Å². The van der Waals surface area contributed by atoms with Crippen molar-refractivity contribution in [1.29, 1.82) is 0 Å². The van der Waals surface area contributed by atoms with Gasteiger partial charge in [-0.15, -0.1) is 0 Å². The van der Waals surface area contributed by atoms with Gasteiger partial charge in [0.1, 0.15) is 0 Å². The Morgan fingerprint density at radius 3 is 2.79 bits per heavy atom. The molecule has 0 unspecified atom stereocenters. The van der Waals surface area contributed by atoms with Gasteiger partial charge in [0, 0.05) is 19.6 Å². The first-order valence-corrected chi connectivity index (χ1v) is 8.99. The number of piperidine rings is 1. The van der Waals surface area contributed by atoms with Gasteiger partial charge in [-0.3, -0.25) is 4.79 Å². The van der Waals surface area contributed by atoms with E-state index in [0.717, 1.165) is 25.6 Å². The maximum Gasteiger partial charge on any atom is 0.224 e. The van der Waals surface area contributed by atoms with Crippen LogP contribution in [-0.2, 0) is 14.6 Å². The molecule has 2 heterocycles. The van der Waals surface area contributed by atoms with E-state index in [4.69, 9.17) is 0 Å². The van der Waals surface area contributed by atoms with E-state index in [1.807, 2.05) is 0 Å². The summed E-state index contributed by atoms with van der Waals surface area (Å²) in [5, 5.41) is 2.88. The van der Waals surface area contributed by atoms with E-state index in [1.165, 1.54) is 12.8 Å². The number of rotatable bonds is 4. The fourth-order valence-electron chi connectivity index (χ4n) is 2.97. The Bertz CT molecular complexity index is 422. The van der Waals surface area contributed by atoms with E-state index in [2.05, 4.69) is 17.1 Å². The van der Waals surface area contributed by atoms with E-state index in [1.54, 1.807) is 0 Å². The van der Waals surface area contributed by atoms with Crippen LogP contribution in [0.4, 0.5) is 0 Å². The Balaban J connectivity index is 1.67. The molecule has 0 aliphatic carbocycles. The van der Waals surface area contributed by atoms with Gasteiger partial charge < -0.3 is 10.2 Å². The first kappa shape index (κ1) is 14.8. The van der Waals surface area contributed by atoms with Gasteiger partial charge in [0.05, 0.1) is 17.4 Å². The predicted molar refractivity (Wildman–Crippen MR) is 74.6 cm³/mol. The minimum Gasteiger partial charge on any atom is -0.355 e. The van der Waals surface area contributed by atoms with E-state index in [0.29, 0.717) is 13.0 Å². The molecule has 1 N–H and O–H groups in total. The zero-order chi connectivity index (χ0) is 13.9. The molecule has 2 fully saturated rings. The van der Waals surface area contributed by atoms with E-state index < -0.39 is 9.84 Å². The van der Waals surface area contributed by atoms with Gasteiger partial charge in [-0.1, -0.05) is 6.92 Å². The Labute approximate surface area is 115 Å². The molecule has 2 aliphatic rings. The molecular weight excluding hydrogens is 264 g/mol. The maximum atomic E-state index is 11.8. The zero-order valence-corrected chi connectivity index (χ0v) is 12.4. The molecule has 19 heavy (non-hydrogen) atoms. The van der Waals surface area contributed by atoms with Crippen molar-refractivity contribution in [3.63, 3.8) is 0 Å². The molecule has 2 rings (SSSR count). The summed E-state index contributed by atoms with van der Waals surface area (Å²) in [6, 6.07) is 0. The van der Waals surface area contributed by atoms with Crippen LogP contribution in [0.5, 0.6) is 0 Å². The molecule has 2 aliphatic heterocycles. The molecular formula is C13H24N2O3S. The molecule has 2 atom stereocenters. The molecule has 5 nitrogen and oxygen atoms in total. The number of carbonyl (C=O) groups excluding carboxylic acids is 1. The molecule has 1 amide bonds. The Hall–Kier alpha value is -0.620. The lowest BCUT2D eigenvalue weighted by Gasteiger charge is -2.30. The molecule has 110 valence electrons. The van der Waals surface area contributed by atoms with Gasteiger partial charge in [-0.05, 0) is 31.7 Å². The van der Waals surface area contributed by atoms with Crippen molar-refractivity contribution in [2.24, 2.45) is 11.8 Å². The SMILES string of the molecule is C[C@@H]1CCCN(CCNC(=O)[C@H]2CCS(=O)(=O)C2)C1. The molecule has 6 heteroatoms. The number of carbonyl (C=O) groups is 1. The lowest BCUT2D eigenvalue weighted by molar-refractivity contribution is -0.124. The van der Waals surface area contributed by atoms with Crippen molar-refractivity contribution >= 4 is 15.7 Å². The molecule has 0 saturated carbocycles. The topological polar surface area (TPSA) is 66.5 Å². The van der Waals surface area contributed by atoms with Crippen LogP contribution in [0.15, 0.2) is 0 Å². The summed E-state index contributed by atoms with van der Waals surface area (Å²) < 4.78 is 22.6. The van der Waals surface area contributed by atoms with Crippen LogP contribution in [0.2, 0.25) is 0 Å². The van der Waals surface area contributed by atoms with Crippen molar-refractivity contribution in [2.75, 3.05) is 37.7 Å². The normalized spacial score (nSPS) is 31.2. The van der Waals surface area contributed by atoms with Gasteiger partial charge in [0.15, 0.2) is 9.84 Å². The van der Waals surface area contributed by atoms with E-state index in [9.17, 15) is 13.2 Å². The summed E-state index contributed by atoms with van der Waals surface area (Å²) in [4.78, 5) is 14.2. The second-order valence-corrected chi connectivity index (χ2v) is 8.17. The highest BCUT2D eigenvalue weighted by molar-refractivity contribution is 7.91. The number of hydrogen-bond donors (Lipinski definition) is 1. The predicted octanol–water partition coefficient (Wildman–Crippen LogP) is 0.269. The standard InChI is InChI=1S/C13H24N2O3S/c1-11-3-2-6-15(9-11)7-5-14-13(16)12-4-8-19(17,18)10-12/h11-12H,2-10H2,1H3,(H,14,16)/t11-,12+/m1/s1. The second-order valence-electron chi connectivity index (χ2n) is 5.94. The molecule has 0 aromatic rings. The molecule has 2 saturated heterocycles. The minimum atomic E-state index is -2.96. The van der Waals surface area contributed by atoms with E-state index in [-0.39, 0.29) is 23.3 Å². The Morgan fingerprint density at radius 1 is 1.37 bits per heavy atom. The van der Waals surface area contributed by atoms with Crippen molar-refractivity contribution < 1.29 is 13.2 Å². The summed E-state index contributed by atoms with van der Waals surface area (Å²) >= 11 is 0. The van der Waals surface area contributed by atoms with Crippen LogP contribution >= 0.6 is 0 Å². The lowest BCUT2D eigenvalue weighted by Crippen LogP contribution is -2.41. The first-order valence-electron chi connectivity index (χ1n) is 7.17. The van der Waals surface area contributed by atoms with Crippen LogP contribution in [0, 0.1) is 11.8 Å². The number of nitrogens with zero attached hydrogens (tertiary/aromatic N) is 1. The largest absolute Gasteiger partial charge is 0.355 e. The molecule has 0 radical (unpaired) electrons. The van der Waals surface area contributed by atoms with Crippen LogP contribution in [-0.4, -0.2) is 56.9 Å². The van der Waals surface area contributed by atoms with Crippen molar-refractivity contribution in [3.8, 4) is 0 Å². The lowest BCUT2D eigenvalue weighted by atomic mass is 10.0. The van der Waals surface area contributed by atoms with Crippen LogP contribution in [0.1, 0.15) is 26.2 Å². The van der Waals surface area contributed by atoms with Crippen molar-refractivity contribution in [3.05, 3.63) is 0 Å². The molecule has 0 aromatic heterocycles. The smallest absolute Gasteiger partial charge is 0.224 e. The molecule has 0 aromatic carbocycles. The summed E-state index contributed by atoms with van der Waals surface area (Å²) in [5.41, 5.74) is 0. The number of hydrogen-bond acceptors (Lipinski definition) is 4. The maximum absolute atomic E-state index is 11.8. The quantitative estimate of drug-likeness (QED) is 0.806. The zero-order valence-electron chi connectivity index (χ0n) is 11.6. The Kier molecular flexibility index (Phi) is 4.84. The fraction of sp³-hybridized carbons (Fsp3) is 0.923. The first-order chi connectivity index (χ1) is 8.96. The van der Waals surface area contributed by atoms with Crippen LogP contribution in [0.3, 0.4) is 0 Å². The van der Waals surface area contributed by atoms with Gasteiger partial charge in [-0.2, -0.15) is 0 Å². The van der Waals surface area contributed by atoms with Crippen molar-refractivity contribution in [1.82, 2.24) is 10.2 Å². The van der Waals surface area contributed by atoms with Crippen molar-refractivity contribution in [2.45, 2.75) is 26.2 Å². The average molecular weight is 288 g/mol.